The number of imide groups is 1. The topological polar surface area (TPSA) is 107 Å². The number of nitrogens with one attached hydrogen (secondary N) is 1. The number of methoxy groups -OCH3 is 1. The lowest BCUT2D eigenvalue weighted by Gasteiger charge is -2.36. The maximum absolute atomic E-state index is 11.8. The largest absolute Gasteiger partial charge is 0.464 e. The standard InChI is InChI=1S/C15H22N4O4/c1-10(13(20)17-15(16)22)18-8-5-11(6-9-18)19-7-3-4-12(19)14(21)23-2/h3-4,7,10-11H,5-6,8-9H2,1-2H3,(H3,16,17,20,22). The van der Waals surface area contributed by atoms with E-state index in [2.05, 4.69) is 5.32 Å². The summed E-state index contributed by atoms with van der Waals surface area (Å²) < 4.78 is 6.71. The first kappa shape index (κ1) is 17.0. The minimum atomic E-state index is -0.841. The van der Waals surface area contributed by atoms with Gasteiger partial charge in [0.15, 0.2) is 0 Å². The zero-order chi connectivity index (χ0) is 17.0. The number of hydrogen-bond acceptors (Lipinski definition) is 5. The summed E-state index contributed by atoms with van der Waals surface area (Å²) in [5.74, 6) is -0.751. The Bertz CT molecular complexity index is 590. The van der Waals surface area contributed by atoms with Crippen molar-refractivity contribution >= 4 is 17.9 Å². The van der Waals surface area contributed by atoms with Crippen LogP contribution in [0.1, 0.15) is 36.3 Å². The van der Waals surface area contributed by atoms with Crippen LogP contribution in [0.3, 0.4) is 0 Å². The van der Waals surface area contributed by atoms with Crippen LogP contribution in [0.15, 0.2) is 18.3 Å². The van der Waals surface area contributed by atoms with E-state index >= 15 is 0 Å². The summed E-state index contributed by atoms with van der Waals surface area (Å²) in [6, 6.07) is 2.48. The van der Waals surface area contributed by atoms with E-state index < -0.39 is 18.0 Å². The fraction of sp³-hybridized carbons (Fsp3) is 0.533. The van der Waals surface area contributed by atoms with Crippen molar-refractivity contribution in [2.24, 2.45) is 5.73 Å². The first-order chi connectivity index (χ1) is 10.9. The summed E-state index contributed by atoms with van der Waals surface area (Å²) in [5.41, 5.74) is 5.50. The highest BCUT2D eigenvalue weighted by atomic mass is 16.5. The molecule has 1 aliphatic heterocycles. The first-order valence-electron chi connectivity index (χ1n) is 7.53. The van der Waals surface area contributed by atoms with Crippen molar-refractivity contribution in [3.8, 4) is 0 Å². The van der Waals surface area contributed by atoms with Gasteiger partial charge in [-0.15, -0.1) is 0 Å². The number of nitrogens with two attached hydrogens (primary N) is 1. The summed E-state index contributed by atoms with van der Waals surface area (Å²) in [4.78, 5) is 36.3. The summed E-state index contributed by atoms with van der Waals surface area (Å²) >= 11 is 0. The van der Waals surface area contributed by atoms with Gasteiger partial charge in [0.05, 0.1) is 13.2 Å². The number of aromatic nitrogens is 1. The average Bonchev–Trinajstić information content (AvgIpc) is 3.02. The Balaban J connectivity index is 1.96. The van der Waals surface area contributed by atoms with Crippen molar-refractivity contribution in [2.45, 2.75) is 31.8 Å². The van der Waals surface area contributed by atoms with Gasteiger partial charge in [0.2, 0.25) is 5.91 Å². The van der Waals surface area contributed by atoms with Gasteiger partial charge >= 0.3 is 12.0 Å². The number of piperidine rings is 1. The molecule has 0 radical (unpaired) electrons. The minimum Gasteiger partial charge on any atom is -0.464 e. The van der Waals surface area contributed by atoms with Crippen molar-refractivity contribution < 1.29 is 19.1 Å². The van der Waals surface area contributed by atoms with E-state index in [4.69, 9.17) is 10.5 Å². The third-order valence-corrected chi connectivity index (χ3v) is 4.24. The summed E-state index contributed by atoms with van der Waals surface area (Å²) in [6.07, 6.45) is 3.47. The number of hydrogen-bond donors (Lipinski definition) is 2. The van der Waals surface area contributed by atoms with Crippen molar-refractivity contribution in [2.75, 3.05) is 20.2 Å². The first-order valence-corrected chi connectivity index (χ1v) is 7.53. The van der Waals surface area contributed by atoms with Crippen molar-refractivity contribution in [3.05, 3.63) is 24.0 Å². The van der Waals surface area contributed by atoms with Gasteiger partial charge in [-0.1, -0.05) is 0 Å². The van der Waals surface area contributed by atoms with E-state index in [1.165, 1.54) is 7.11 Å². The van der Waals surface area contributed by atoms with Gasteiger partial charge in [-0.25, -0.2) is 9.59 Å². The smallest absolute Gasteiger partial charge is 0.354 e. The molecular weight excluding hydrogens is 300 g/mol. The number of nitrogens with zero attached hydrogens (tertiary/aromatic N) is 2. The Kier molecular flexibility index (Phi) is 5.38. The van der Waals surface area contributed by atoms with E-state index in [0.29, 0.717) is 18.8 Å². The number of primary amides is 1. The van der Waals surface area contributed by atoms with Crippen LogP contribution in [-0.2, 0) is 9.53 Å². The highest BCUT2D eigenvalue weighted by molar-refractivity contribution is 5.96. The second kappa shape index (κ2) is 7.28. The van der Waals surface area contributed by atoms with Crippen LogP contribution in [0, 0.1) is 0 Å². The van der Waals surface area contributed by atoms with E-state index in [-0.39, 0.29) is 12.0 Å². The van der Waals surface area contributed by atoms with Crippen molar-refractivity contribution in [1.29, 1.82) is 0 Å². The number of esters is 1. The Morgan fingerprint density at radius 3 is 2.57 bits per heavy atom. The molecule has 1 fully saturated rings. The highest BCUT2D eigenvalue weighted by Gasteiger charge is 2.29. The molecule has 0 aromatic carbocycles. The highest BCUT2D eigenvalue weighted by Crippen LogP contribution is 2.25. The van der Waals surface area contributed by atoms with E-state index in [1.54, 1.807) is 13.0 Å². The number of amides is 3. The van der Waals surface area contributed by atoms with Crippen LogP contribution < -0.4 is 11.1 Å². The number of ether oxygens (including phenoxy) is 1. The van der Waals surface area contributed by atoms with Gasteiger partial charge in [0.25, 0.3) is 0 Å². The minimum absolute atomic E-state index is 0.182. The van der Waals surface area contributed by atoms with E-state index in [9.17, 15) is 14.4 Å². The quantitative estimate of drug-likeness (QED) is 0.785. The number of urea groups is 1. The number of likely N-dealkylation sites (tertiary alicyclic amines) is 1. The normalized spacial score (nSPS) is 17.5. The lowest BCUT2D eigenvalue weighted by Crippen LogP contribution is -2.50. The maximum Gasteiger partial charge on any atom is 0.354 e. The second-order valence-electron chi connectivity index (χ2n) is 5.59. The Hall–Kier alpha value is -2.35. The molecule has 8 nitrogen and oxygen atoms in total. The molecule has 0 saturated carbocycles. The Labute approximate surface area is 134 Å². The second-order valence-corrected chi connectivity index (χ2v) is 5.59. The lowest BCUT2D eigenvalue weighted by atomic mass is 10.0. The molecule has 3 amide bonds. The van der Waals surface area contributed by atoms with Crippen LogP contribution >= 0.6 is 0 Å². The molecule has 3 N–H and O–H groups in total. The van der Waals surface area contributed by atoms with Gasteiger partial charge in [-0.3, -0.25) is 15.0 Å². The zero-order valence-corrected chi connectivity index (χ0v) is 13.3. The molecule has 1 atom stereocenters. The predicted molar refractivity (Wildman–Crippen MR) is 82.8 cm³/mol. The third-order valence-electron chi connectivity index (χ3n) is 4.24. The number of carbonyl (C=O) groups is 3. The van der Waals surface area contributed by atoms with Crippen LogP contribution in [0.4, 0.5) is 4.79 Å². The molecule has 1 saturated heterocycles. The van der Waals surface area contributed by atoms with Gasteiger partial charge in [-0.2, -0.15) is 0 Å². The monoisotopic (exact) mass is 322 g/mol. The number of rotatable bonds is 4. The summed E-state index contributed by atoms with van der Waals surface area (Å²) in [7, 11) is 1.36. The fourth-order valence-electron chi connectivity index (χ4n) is 2.93. The predicted octanol–water partition coefficient (Wildman–Crippen LogP) is 0.495. The molecular formula is C15H22N4O4. The van der Waals surface area contributed by atoms with Crippen LogP contribution in [0.25, 0.3) is 0 Å². The molecule has 23 heavy (non-hydrogen) atoms. The molecule has 1 aliphatic rings. The van der Waals surface area contributed by atoms with Crippen LogP contribution in [-0.4, -0.2) is 53.6 Å². The van der Waals surface area contributed by atoms with Crippen LogP contribution in [0.5, 0.6) is 0 Å². The van der Waals surface area contributed by atoms with E-state index in [1.807, 2.05) is 21.7 Å². The van der Waals surface area contributed by atoms with Gasteiger partial charge in [-0.05, 0) is 31.9 Å². The molecule has 0 spiro atoms. The Morgan fingerprint density at radius 2 is 2.00 bits per heavy atom. The van der Waals surface area contributed by atoms with E-state index in [0.717, 1.165) is 12.8 Å². The zero-order valence-electron chi connectivity index (χ0n) is 13.3. The molecule has 0 aliphatic carbocycles. The molecule has 2 heterocycles. The molecule has 8 heteroatoms. The molecule has 0 bridgehead atoms. The third kappa shape index (κ3) is 3.89. The van der Waals surface area contributed by atoms with Gasteiger partial charge in [0.1, 0.15) is 5.69 Å². The lowest BCUT2D eigenvalue weighted by molar-refractivity contribution is -0.125. The summed E-state index contributed by atoms with van der Waals surface area (Å²) in [5, 5.41) is 2.10. The van der Waals surface area contributed by atoms with Gasteiger partial charge < -0.3 is 15.0 Å². The molecule has 2 rings (SSSR count). The van der Waals surface area contributed by atoms with Crippen molar-refractivity contribution in [1.82, 2.24) is 14.8 Å². The molecule has 1 aromatic heterocycles. The van der Waals surface area contributed by atoms with Crippen molar-refractivity contribution in [3.63, 3.8) is 0 Å². The number of carbonyl (C=O) groups excluding carboxylic acids is 3. The summed E-state index contributed by atoms with van der Waals surface area (Å²) in [6.45, 7) is 3.13. The van der Waals surface area contributed by atoms with Crippen LogP contribution in [0.2, 0.25) is 0 Å². The maximum atomic E-state index is 11.8. The molecule has 126 valence electrons. The average molecular weight is 322 g/mol. The molecule has 1 unspecified atom stereocenters. The molecule has 1 aromatic rings. The fourth-order valence-corrected chi connectivity index (χ4v) is 2.93. The SMILES string of the molecule is COC(=O)c1cccn1C1CCN(C(C)C(=O)NC(N)=O)CC1. The van der Waals surface area contributed by atoms with Gasteiger partial charge in [0, 0.05) is 25.3 Å². The Morgan fingerprint density at radius 1 is 1.35 bits per heavy atom.